The van der Waals surface area contributed by atoms with Gasteiger partial charge in [-0.1, -0.05) is 466 Å². The van der Waals surface area contributed by atoms with E-state index in [1.807, 2.05) is 36.4 Å². The van der Waals surface area contributed by atoms with Gasteiger partial charge in [-0.25, -0.2) is 29.9 Å². The van der Waals surface area contributed by atoms with Gasteiger partial charge in [-0.05, 0) is 238 Å². The first-order valence-electron chi connectivity index (χ1n) is 50.1. The number of benzene rings is 21. The first-order valence-corrected chi connectivity index (χ1v) is 50.1. The molecule has 27 rings (SSSR count). The van der Waals surface area contributed by atoms with Crippen molar-refractivity contribution in [3.8, 4) is 191 Å². The monoisotopic (exact) mass is 1850 g/mol. The van der Waals surface area contributed by atoms with Crippen molar-refractivity contribution in [3.63, 3.8) is 0 Å². The lowest BCUT2D eigenvalue weighted by atomic mass is 9.78. The van der Waals surface area contributed by atoms with E-state index in [0.717, 1.165) is 107 Å². The van der Waals surface area contributed by atoms with Crippen molar-refractivity contribution in [1.29, 1.82) is 0 Å². The van der Waals surface area contributed by atoms with E-state index < -0.39 is 0 Å². The summed E-state index contributed by atoms with van der Waals surface area (Å²) in [5.41, 5.74) is 42.7. The summed E-state index contributed by atoms with van der Waals surface area (Å²) < 4.78 is 0. The molecule has 3 heterocycles. The molecular formula is C139H100N6. The summed E-state index contributed by atoms with van der Waals surface area (Å²) in [4.78, 5) is 31.1. The van der Waals surface area contributed by atoms with Gasteiger partial charge in [-0.2, -0.15) is 0 Å². The van der Waals surface area contributed by atoms with Crippen LogP contribution in [0.25, 0.3) is 234 Å². The molecule has 0 unspecified atom stereocenters. The quantitative estimate of drug-likeness (QED) is 0.108. The van der Waals surface area contributed by atoms with Crippen LogP contribution in [0, 0.1) is 0 Å². The Balaban J connectivity index is 0.000000114. The van der Waals surface area contributed by atoms with E-state index in [4.69, 9.17) is 29.9 Å². The van der Waals surface area contributed by atoms with Crippen LogP contribution in [-0.2, 0) is 16.2 Å². The summed E-state index contributed by atoms with van der Waals surface area (Å²) in [6.07, 6.45) is 0. The minimum Gasteiger partial charge on any atom is -0.228 e. The van der Waals surface area contributed by atoms with Crippen molar-refractivity contribution in [2.24, 2.45) is 0 Å². The maximum absolute atomic E-state index is 5.36. The van der Waals surface area contributed by atoms with E-state index in [2.05, 4.69) is 503 Å². The molecule has 145 heavy (non-hydrogen) atoms. The van der Waals surface area contributed by atoms with Crippen molar-refractivity contribution in [1.82, 2.24) is 29.9 Å². The fourth-order valence-corrected chi connectivity index (χ4v) is 22.5. The molecule has 0 amide bonds. The van der Waals surface area contributed by atoms with Gasteiger partial charge >= 0.3 is 0 Å². The van der Waals surface area contributed by atoms with Gasteiger partial charge in [0.2, 0.25) is 0 Å². The zero-order chi connectivity index (χ0) is 97.4. The SMILES string of the molecule is CC1(C)c2ccccc2-c2ccc(-c3ccc4cccc(-c5ccc(-c6cc(-c7ccccc7)nc(-c7ccccc7)n6)cc5)c4c3)cc21.CC1(C)c2ccccc2-c2ccc(-c3nc(-c4ccc5ccccc5c4)cc(-c4ccccc4-c4ccccc4)n3)cc21.CC1(C)c2ccccc2-c2cccc(-c3cc(-c4ccccc4)cc(-c4cc(-c5ccc6ccccc6c5)nc(-c5ccc6ccccc6c5)n4)c3)c21. The predicted molar refractivity (Wildman–Crippen MR) is 605 cm³/mol. The van der Waals surface area contributed by atoms with E-state index in [1.165, 1.54) is 154 Å². The molecule has 24 aromatic rings. The van der Waals surface area contributed by atoms with Gasteiger partial charge in [0.15, 0.2) is 17.5 Å². The fourth-order valence-electron chi connectivity index (χ4n) is 22.5. The second-order valence-electron chi connectivity index (χ2n) is 40.0. The molecule has 0 fully saturated rings. The van der Waals surface area contributed by atoms with E-state index in [1.54, 1.807) is 0 Å². The molecule has 0 radical (unpaired) electrons. The van der Waals surface area contributed by atoms with Gasteiger partial charge in [0.25, 0.3) is 0 Å². The minimum absolute atomic E-state index is 0.0287. The van der Waals surface area contributed by atoms with Crippen molar-refractivity contribution in [2.45, 2.75) is 57.8 Å². The first-order chi connectivity index (χ1) is 71.1. The number of hydrogen-bond donors (Lipinski definition) is 0. The van der Waals surface area contributed by atoms with Crippen LogP contribution in [-0.4, -0.2) is 29.9 Å². The summed E-state index contributed by atoms with van der Waals surface area (Å²) in [6, 6.07) is 178. The molecule has 6 heteroatoms. The number of aromatic nitrogens is 6. The van der Waals surface area contributed by atoms with Gasteiger partial charge in [-0.3, -0.25) is 0 Å². The van der Waals surface area contributed by atoms with E-state index in [-0.39, 0.29) is 16.2 Å². The topological polar surface area (TPSA) is 77.3 Å². The van der Waals surface area contributed by atoms with Gasteiger partial charge in [0.1, 0.15) is 0 Å². The normalized spacial score (nSPS) is 12.9. The Morgan fingerprint density at radius 3 is 0.993 bits per heavy atom. The minimum atomic E-state index is -0.146. The summed E-state index contributed by atoms with van der Waals surface area (Å²) >= 11 is 0. The number of fused-ring (bicyclic) bond motifs is 13. The maximum Gasteiger partial charge on any atom is 0.160 e. The molecule has 0 saturated heterocycles. The average Bonchev–Trinajstić information content (AvgIpc) is 1.58. The van der Waals surface area contributed by atoms with Crippen LogP contribution >= 0.6 is 0 Å². The van der Waals surface area contributed by atoms with E-state index in [9.17, 15) is 0 Å². The molecule has 6 nitrogen and oxygen atoms in total. The molecule has 0 aliphatic heterocycles. The molecule has 21 aromatic carbocycles. The lowest BCUT2D eigenvalue weighted by Crippen LogP contribution is -2.16. The highest BCUT2D eigenvalue weighted by molar-refractivity contribution is 6.01. The first kappa shape index (κ1) is 88.3. The maximum atomic E-state index is 5.36. The van der Waals surface area contributed by atoms with Crippen molar-refractivity contribution in [2.75, 3.05) is 0 Å². The Hall–Kier alpha value is -18.1. The third-order valence-corrected chi connectivity index (χ3v) is 30.0. The molecular weight excluding hydrogens is 1750 g/mol. The van der Waals surface area contributed by atoms with Crippen molar-refractivity contribution >= 4 is 43.1 Å². The Morgan fingerprint density at radius 1 is 0.131 bits per heavy atom. The van der Waals surface area contributed by atoms with Crippen LogP contribution in [0.1, 0.15) is 74.9 Å². The molecule has 0 saturated carbocycles. The van der Waals surface area contributed by atoms with Gasteiger partial charge in [0, 0.05) is 66.3 Å². The Bertz CT molecular complexity index is 9040. The zero-order valence-electron chi connectivity index (χ0n) is 81.5. The van der Waals surface area contributed by atoms with Crippen LogP contribution in [0.4, 0.5) is 0 Å². The van der Waals surface area contributed by atoms with Gasteiger partial charge in [-0.15, -0.1) is 0 Å². The molecule has 0 atom stereocenters. The number of hydrogen-bond acceptors (Lipinski definition) is 6. The Morgan fingerprint density at radius 2 is 0.434 bits per heavy atom. The molecule has 3 aliphatic carbocycles. The average molecular weight is 1850 g/mol. The molecule has 0 bridgehead atoms. The Kier molecular flexibility index (Phi) is 22.2. The number of nitrogens with zero attached hydrogens (tertiary/aromatic N) is 6. The lowest BCUT2D eigenvalue weighted by Gasteiger charge is -2.25. The van der Waals surface area contributed by atoms with Crippen molar-refractivity contribution < 1.29 is 0 Å². The third-order valence-electron chi connectivity index (χ3n) is 30.0. The summed E-state index contributed by atoms with van der Waals surface area (Å²) in [5, 5.41) is 9.65. The summed E-state index contributed by atoms with van der Waals surface area (Å²) in [5.74, 6) is 2.17. The molecule has 0 N–H and O–H groups in total. The van der Waals surface area contributed by atoms with Crippen LogP contribution in [0.15, 0.2) is 497 Å². The van der Waals surface area contributed by atoms with Gasteiger partial charge in [0.05, 0.1) is 34.2 Å². The highest BCUT2D eigenvalue weighted by Crippen LogP contribution is 2.55. The van der Waals surface area contributed by atoms with Gasteiger partial charge < -0.3 is 0 Å². The molecule has 686 valence electrons. The smallest absolute Gasteiger partial charge is 0.160 e. The summed E-state index contributed by atoms with van der Waals surface area (Å²) in [6.45, 7) is 14.0. The zero-order valence-corrected chi connectivity index (χ0v) is 81.5. The second-order valence-corrected chi connectivity index (χ2v) is 40.0. The fraction of sp³-hybridized carbons (Fsp3) is 0.0647. The molecule has 3 aromatic heterocycles. The predicted octanol–water partition coefficient (Wildman–Crippen LogP) is 36.3. The standard InChI is InChI=1S/C51H36N2.C47H34N2.C41H30N2/c1-51(2)46-22-11-10-19-44(46)45-21-12-20-43(49(45)51)41-29-40(33-13-4-3-5-14-33)30-42(31-41)48-32-47(38-25-23-34-15-6-8-17-36(34)27-38)52-50(53-48)39-26-24-35-16-7-9-18-37(35)28-39;1-47(2)42-19-10-9-17-39(42)40-27-26-37(29-43(40)47)36-25-22-31-16-11-18-38(41(31)28-36)32-20-23-34(24-21-32)45-30-44(33-12-5-3-6-13-33)48-46(49-45)35-14-7-4-8-15-35;1-41(2)36-19-11-10-17-33(36)34-23-22-31(25-37(34)41)40-42-38(30-21-20-27-12-6-7-15-29(27)24-30)26-39(43-40)35-18-9-8-16-32(35)28-13-4-3-5-14-28/h3-32H,1-2H3;3-30H,1-2H3;3-26H,1-2H3. The van der Waals surface area contributed by atoms with E-state index >= 15 is 0 Å². The Labute approximate surface area is 846 Å². The van der Waals surface area contributed by atoms with E-state index in [0.29, 0.717) is 5.82 Å². The van der Waals surface area contributed by atoms with Crippen LogP contribution < -0.4 is 0 Å². The van der Waals surface area contributed by atoms with Crippen LogP contribution in [0.5, 0.6) is 0 Å². The summed E-state index contributed by atoms with van der Waals surface area (Å²) in [7, 11) is 0. The van der Waals surface area contributed by atoms with Crippen molar-refractivity contribution in [3.05, 3.63) is 531 Å². The molecule has 3 aliphatic rings. The molecule has 0 spiro atoms. The second kappa shape index (κ2) is 36.5. The highest BCUT2D eigenvalue weighted by Gasteiger charge is 2.40. The largest absolute Gasteiger partial charge is 0.228 e. The number of rotatable bonds is 14. The van der Waals surface area contributed by atoms with Crippen LogP contribution in [0.2, 0.25) is 0 Å². The lowest BCUT2D eigenvalue weighted by molar-refractivity contribution is 0.660. The highest BCUT2D eigenvalue weighted by atomic mass is 14.9. The van der Waals surface area contributed by atoms with Crippen LogP contribution in [0.3, 0.4) is 0 Å². The third kappa shape index (κ3) is 16.4.